The third kappa shape index (κ3) is 6.11. The molecule has 1 aromatic rings. The summed E-state index contributed by atoms with van der Waals surface area (Å²) in [5.74, 6) is -1.78. The van der Waals surface area contributed by atoms with Crippen LogP contribution >= 0.6 is 23.2 Å². The number of likely N-dealkylation sites (tertiary alicyclic amines) is 1. The highest BCUT2D eigenvalue weighted by molar-refractivity contribution is 6.27. The second kappa shape index (κ2) is 12.2. The Labute approximate surface area is 210 Å². The largest absolute Gasteiger partial charge is 0.459 e. The van der Waals surface area contributed by atoms with Crippen LogP contribution in [0.25, 0.3) is 0 Å². The van der Waals surface area contributed by atoms with E-state index >= 15 is 0 Å². The van der Waals surface area contributed by atoms with Gasteiger partial charge in [0.2, 0.25) is 5.91 Å². The van der Waals surface area contributed by atoms with Gasteiger partial charge < -0.3 is 15.0 Å². The van der Waals surface area contributed by atoms with Gasteiger partial charge in [-0.05, 0) is 36.8 Å². The number of halogens is 2. The molecular formula is C25H29Cl2N3O4. The van der Waals surface area contributed by atoms with Crippen molar-refractivity contribution in [2.45, 2.75) is 62.7 Å². The number of nitriles is 1. The maximum absolute atomic E-state index is 12.9. The van der Waals surface area contributed by atoms with Gasteiger partial charge in [0.25, 0.3) is 5.91 Å². The number of nitrogens with zero attached hydrogens (tertiary/aromatic N) is 2. The van der Waals surface area contributed by atoms with Crippen LogP contribution in [0.15, 0.2) is 42.5 Å². The Morgan fingerprint density at radius 1 is 1.21 bits per heavy atom. The lowest BCUT2D eigenvalue weighted by Crippen LogP contribution is -2.72. The molecule has 2 fully saturated rings. The predicted octanol–water partition coefficient (Wildman–Crippen LogP) is 3.90. The maximum atomic E-state index is 12.9. The lowest BCUT2D eigenvalue weighted by Gasteiger charge is -2.47. The highest BCUT2D eigenvalue weighted by Crippen LogP contribution is 2.32. The molecule has 1 saturated carbocycles. The molecule has 0 bridgehead atoms. The van der Waals surface area contributed by atoms with Crippen LogP contribution in [-0.4, -0.2) is 46.1 Å². The van der Waals surface area contributed by atoms with Crippen LogP contribution in [0.5, 0.6) is 0 Å². The van der Waals surface area contributed by atoms with E-state index in [1.807, 2.05) is 30.3 Å². The minimum atomic E-state index is -1.14. The highest BCUT2D eigenvalue weighted by Gasteiger charge is 2.53. The van der Waals surface area contributed by atoms with Gasteiger partial charge in [0.05, 0.1) is 6.07 Å². The molecule has 0 radical (unpaired) electrons. The number of carbonyl (C=O) groups is 3. The van der Waals surface area contributed by atoms with Gasteiger partial charge in [-0.1, -0.05) is 61.4 Å². The number of ether oxygens (including phenoxy) is 1. The number of esters is 1. The number of rotatable bonds is 8. The summed E-state index contributed by atoms with van der Waals surface area (Å²) < 4.78 is 5.40. The first kappa shape index (κ1) is 26.1. The van der Waals surface area contributed by atoms with Gasteiger partial charge >= 0.3 is 5.97 Å². The molecule has 2 amide bonds. The molecule has 1 heterocycles. The number of amides is 2. The average molecular weight is 506 g/mol. The molecular weight excluding hydrogens is 477 g/mol. The first-order chi connectivity index (χ1) is 16.4. The summed E-state index contributed by atoms with van der Waals surface area (Å²) in [5.41, 5.74) is 0.142. The van der Waals surface area contributed by atoms with E-state index in [4.69, 9.17) is 27.9 Å². The summed E-state index contributed by atoms with van der Waals surface area (Å²) in [4.78, 5) is 39.8. The molecule has 1 saturated heterocycles. The number of β-lactam (4-membered cyclic amide) rings is 1. The van der Waals surface area contributed by atoms with Crippen LogP contribution < -0.4 is 5.32 Å². The Balaban J connectivity index is 1.61. The Morgan fingerprint density at radius 3 is 2.56 bits per heavy atom. The number of nitrogens with one attached hydrogen (secondary N) is 1. The fourth-order valence-electron chi connectivity index (χ4n) is 4.37. The zero-order chi connectivity index (χ0) is 24.7. The fourth-order valence-corrected chi connectivity index (χ4v) is 4.90. The van der Waals surface area contributed by atoms with Crippen molar-refractivity contribution in [3.63, 3.8) is 0 Å². The lowest BCUT2D eigenvalue weighted by atomic mass is 9.85. The van der Waals surface area contributed by atoms with E-state index in [0.717, 1.165) is 29.7 Å². The van der Waals surface area contributed by atoms with Crippen molar-refractivity contribution >= 4 is 41.0 Å². The molecule has 34 heavy (non-hydrogen) atoms. The van der Waals surface area contributed by atoms with E-state index in [1.54, 1.807) is 0 Å². The third-order valence-electron chi connectivity index (χ3n) is 6.41. The number of alkyl halides is 2. The first-order valence-corrected chi connectivity index (χ1v) is 12.4. The van der Waals surface area contributed by atoms with E-state index in [1.165, 1.54) is 0 Å². The van der Waals surface area contributed by atoms with Crippen LogP contribution in [0.4, 0.5) is 0 Å². The summed E-state index contributed by atoms with van der Waals surface area (Å²) in [5, 5.41) is 12.0. The minimum absolute atomic E-state index is 0.0340. The van der Waals surface area contributed by atoms with Gasteiger partial charge in [0, 0.05) is 17.7 Å². The fraction of sp³-hybridized carbons (Fsp3) is 0.520. The molecule has 5 unspecified atom stereocenters. The van der Waals surface area contributed by atoms with Crippen molar-refractivity contribution in [2.75, 3.05) is 5.88 Å². The van der Waals surface area contributed by atoms with Crippen LogP contribution in [0.1, 0.15) is 44.1 Å². The van der Waals surface area contributed by atoms with Gasteiger partial charge in [0.1, 0.15) is 18.1 Å². The molecule has 5 atom stereocenters. The van der Waals surface area contributed by atoms with E-state index < -0.39 is 29.5 Å². The zero-order valence-electron chi connectivity index (χ0n) is 18.9. The summed E-state index contributed by atoms with van der Waals surface area (Å²) in [6, 6.07) is 9.36. The molecule has 1 aromatic carbocycles. The summed E-state index contributed by atoms with van der Waals surface area (Å²) in [6.07, 6.45) is 4.59. The molecule has 1 aliphatic heterocycles. The second-order valence-corrected chi connectivity index (χ2v) is 9.49. The van der Waals surface area contributed by atoms with Crippen LogP contribution in [0, 0.1) is 23.2 Å². The van der Waals surface area contributed by atoms with Crippen molar-refractivity contribution in [1.82, 2.24) is 10.2 Å². The van der Waals surface area contributed by atoms with Crippen LogP contribution in [0.3, 0.4) is 0 Å². The standard InChI is InChI=1S/C25H29Cl2N3O4/c1-16(13-26)21(25(33)34-15-18-8-3-2-4-9-18)30-22(27)20(24(30)32)29-23(31)19-10-6-5-7-17(14-28)11-12-19/h2-4,8-9,17,19-22H,1,5-7,10-13,15H2,(H,29,31). The summed E-state index contributed by atoms with van der Waals surface area (Å²) >= 11 is 12.4. The first-order valence-electron chi connectivity index (χ1n) is 11.5. The quantitative estimate of drug-likeness (QED) is 0.190. The topological polar surface area (TPSA) is 99.5 Å². The maximum Gasteiger partial charge on any atom is 0.333 e. The predicted molar refractivity (Wildman–Crippen MR) is 129 cm³/mol. The van der Waals surface area contributed by atoms with Crippen LogP contribution in [0.2, 0.25) is 0 Å². The van der Waals surface area contributed by atoms with Gasteiger partial charge in [-0.2, -0.15) is 5.26 Å². The Bertz CT molecular complexity index is 949. The highest BCUT2D eigenvalue weighted by atomic mass is 35.5. The Kier molecular flexibility index (Phi) is 9.37. The van der Waals surface area contributed by atoms with E-state index in [-0.39, 0.29) is 35.8 Å². The SMILES string of the molecule is C=C(CCl)C(C(=O)OCc1ccccc1)N1C(=O)C(NC(=O)C2CCCCC(C#N)CC2)C1Cl. The molecule has 1 aliphatic carbocycles. The van der Waals surface area contributed by atoms with Gasteiger partial charge in [-0.25, -0.2) is 4.79 Å². The molecule has 0 aromatic heterocycles. The molecule has 9 heteroatoms. The smallest absolute Gasteiger partial charge is 0.333 e. The second-order valence-electron chi connectivity index (χ2n) is 8.78. The lowest BCUT2D eigenvalue weighted by molar-refractivity contribution is -0.164. The van der Waals surface area contributed by atoms with Crippen molar-refractivity contribution in [1.29, 1.82) is 5.26 Å². The van der Waals surface area contributed by atoms with Crippen molar-refractivity contribution in [3.8, 4) is 6.07 Å². The Morgan fingerprint density at radius 2 is 1.91 bits per heavy atom. The van der Waals surface area contributed by atoms with E-state index in [2.05, 4.69) is 18.0 Å². The summed E-state index contributed by atoms with van der Waals surface area (Å²) in [7, 11) is 0. The molecule has 2 aliphatic rings. The van der Waals surface area contributed by atoms with E-state index in [9.17, 15) is 19.6 Å². The number of carbonyl (C=O) groups excluding carboxylic acids is 3. The average Bonchev–Trinajstić information content (AvgIpc) is 2.84. The van der Waals surface area contributed by atoms with Crippen LogP contribution in [-0.2, 0) is 25.7 Å². The zero-order valence-corrected chi connectivity index (χ0v) is 20.4. The Hall–Kier alpha value is -2.56. The molecule has 3 rings (SSSR count). The summed E-state index contributed by atoms with van der Waals surface area (Å²) in [6.45, 7) is 3.85. The molecule has 0 spiro atoms. The molecule has 1 N–H and O–H groups in total. The van der Waals surface area contributed by atoms with Gasteiger partial charge in [-0.3, -0.25) is 9.59 Å². The molecule has 182 valence electrons. The van der Waals surface area contributed by atoms with Crippen molar-refractivity contribution in [2.24, 2.45) is 11.8 Å². The monoisotopic (exact) mass is 505 g/mol. The van der Waals surface area contributed by atoms with E-state index in [0.29, 0.717) is 19.3 Å². The van der Waals surface area contributed by atoms with Gasteiger partial charge in [-0.15, -0.1) is 11.6 Å². The van der Waals surface area contributed by atoms with Crippen molar-refractivity contribution in [3.05, 3.63) is 48.0 Å². The minimum Gasteiger partial charge on any atom is -0.459 e. The number of hydrogen-bond donors (Lipinski definition) is 1. The van der Waals surface area contributed by atoms with Crippen molar-refractivity contribution < 1.29 is 19.1 Å². The number of benzene rings is 1. The normalized spacial score (nSPS) is 25.7. The third-order valence-corrected chi connectivity index (χ3v) is 7.22. The van der Waals surface area contributed by atoms with Gasteiger partial charge in [0.15, 0.2) is 6.04 Å². The molecule has 7 nitrogen and oxygen atoms in total. The number of hydrogen-bond acceptors (Lipinski definition) is 5.